The molecule has 0 bridgehead atoms. The summed E-state index contributed by atoms with van der Waals surface area (Å²) < 4.78 is 0. The molecular weight excluding hydrogens is 296 g/mol. The Labute approximate surface area is 133 Å². The van der Waals surface area contributed by atoms with Crippen LogP contribution < -0.4 is 10.6 Å². The summed E-state index contributed by atoms with van der Waals surface area (Å²) in [6, 6.07) is 9.68. The number of anilines is 1. The van der Waals surface area contributed by atoms with E-state index in [0.29, 0.717) is 17.3 Å². The lowest BCUT2D eigenvalue weighted by molar-refractivity contribution is -0.120. The number of carbonyl (C=O) groups is 2. The zero-order valence-corrected chi connectivity index (χ0v) is 13.2. The van der Waals surface area contributed by atoms with E-state index in [4.69, 9.17) is 0 Å². The smallest absolute Gasteiger partial charge is 0.265 e. The molecule has 0 aliphatic heterocycles. The van der Waals surface area contributed by atoms with Crippen molar-refractivity contribution in [1.29, 1.82) is 0 Å². The van der Waals surface area contributed by atoms with Crippen LogP contribution in [0.25, 0.3) is 0 Å². The summed E-state index contributed by atoms with van der Waals surface area (Å²) in [6.07, 6.45) is 2.58. The molecule has 1 aromatic carbocycles. The molecule has 1 aromatic heterocycles. The van der Waals surface area contributed by atoms with Gasteiger partial charge in [0.1, 0.15) is 0 Å². The Hall–Kier alpha value is -2.14. The fourth-order valence-electron chi connectivity index (χ4n) is 2.14. The average Bonchev–Trinajstić information content (AvgIpc) is 3.18. The first-order valence-corrected chi connectivity index (χ1v) is 8.23. The van der Waals surface area contributed by atoms with Crippen LogP contribution in [0.5, 0.6) is 0 Å². The minimum absolute atomic E-state index is 0.0633. The van der Waals surface area contributed by atoms with Crippen molar-refractivity contribution in [3.63, 3.8) is 0 Å². The summed E-state index contributed by atoms with van der Waals surface area (Å²) >= 11 is 1.44. The van der Waals surface area contributed by atoms with E-state index in [0.717, 1.165) is 29.7 Å². The summed E-state index contributed by atoms with van der Waals surface area (Å²) in [5.74, 6) is -0.0364. The SMILES string of the molecule is Cc1csc(C(=O)Nc2ccc(CC(=O)NC3CC3)cc2)c1. The van der Waals surface area contributed by atoms with Gasteiger partial charge in [-0.15, -0.1) is 11.3 Å². The number of thiophene rings is 1. The van der Waals surface area contributed by atoms with Gasteiger partial charge in [-0.25, -0.2) is 0 Å². The Kier molecular flexibility index (Phi) is 4.24. The second-order valence-electron chi connectivity index (χ2n) is 5.66. The van der Waals surface area contributed by atoms with Gasteiger partial charge in [0.25, 0.3) is 5.91 Å². The Morgan fingerprint density at radius 2 is 1.95 bits per heavy atom. The summed E-state index contributed by atoms with van der Waals surface area (Å²) in [7, 11) is 0. The molecule has 22 heavy (non-hydrogen) atoms. The summed E-state index contributed by atoms with van der Waals surface area (Å²) in [5, 5.41) is 7.79. The van der Waals surface area contributed by atoms with Gasteiger partial charge in [-0.2, -0.15) is 0 Å². The van der Waals surface area contributed by atoms with Gasteiger partial charge in [0, 0.05) is 11.7 Å². The van der Waals surface area contributed by atoms with Crippen molar-refractivity contribution < 1.29 is 9.59 Å². The number of benzene rings is 1. The molecule has 2 N–H and O–H groups in total. The standard InChI is InChI=1S/C17H18N2O2S/c1-11-8-15(22-10-11)17(21)19-14-4-2-12(3-5-14)9-16(20)18-13-6-7-13/h2-5,8,10,13H,6-7,9H2,1H3,(H,18,20)(H,19,21). The molecule has 114 valence electrons. The molecule has 1 fully saturated rings. The van der Waals surface area contributed by atoms with Crippen molar-refractivity contribution >= 4 is 28.8 Å². The Balaban J connectivity index is 1.56. The minimum atomic E-state index is -0.0997. The van der Waals surface area contributed by atoms with E-state index < -0.39 is 0 Å². The molecule has 1 aliphatic carbocycles. The van der Waals surface area contributed by atoms with E-state index in [1.807, 2.05) is 42.6 Å². The Morgan fingerprint density at radius 3 is 2.55 bits per heavy atom. The first-order valence-electron chi connectivity index (χ1n) is 7.35. The van der Waals surface area contributed by atoms with Gasteiger partial charge in [0.05, 0.1) is 11.3 Å². The molecule has 2 aromatic rings. The lowest BCUT2D eigenvalue weighted by Crippen LogP contribution is -2.26. The molecule has 1 saturated carbocycles. The van der Waals surface area contributed by atoms with Crippen LogP contribution in [0.1, 0.15) is 33.6 Å². The first kappa shape index (κ1) is 14.8. The molecule has 0 radical (unpaired) electrons. The molecule has 2 amide bonds. The predicted molar refractivity (Wildman–Crippen MR) is 88.3 cm³/mol. The Morgan fingerprint density at radius 1 is 1.23 bits per heavy atom. The van der Waals surface area contributed by atoms with Gasteiger partial charge < -0.3 is 10.6 Å². The molecule has 0 atom stereocenters. The molecule has 3 rings (SSSR count). The number of hydrogen-bond acceptors (Lipinski definition) is 3. The van der Waals surface area contributed by atoms with E-state index in [2.05, 4.69) is 10.6 Å². The topological polar surface area (TPSA) is 58.2 Å². The zero-order valence-electron chi connectivity index (χ0n) is 12.4. The number of aryl methyl sites for hydroxylation is 1. The van der Waals surface area contributed by atoms with Gasteiger partial charge in [0.2, 0.25) is 5.91 Å². The molecule has 0 unspecified atom stereocenters. The number of hydrogen-bond donors (Lipinski definition) is 2. The largest absolute Gasteiger partial charge is 0.353 e. The number of rotatable bonds is 5. The van der Waals surface area contributed by atoms with Gasteiger partial charge in [-0.1, -0.05) is 12.1 Å². The van der Waals surface area contributed by atoms with Crippen molar-refractivity contribution in [1.82, 2.24) is 5.32 Å². The van der Waals surface area contributed by atoms with E-state index in [-0.39, 0.29) is 11.8 Å². The molecule has 1 heterocycles. The number of carbonyl (C=O) groups excluding carboxylic acids is 2. The van der Waals surface area contributed by atoms with Crippen LogP contribution in [0.3, 0.4) is 0 Å². The molecule has 0 saturated heterocycles. The third kappa shape index (κ3) is 3.95. The fraction of sp³-hybridized carbons (Fsp3) is 0.294. The second kappa shape index (κ2) is 6.32. The van der Waals surface area contributed by atoms with Crippen LogP contribution >= 0.6 is 11.3 Å². The van der Waals surface area contributed by atoms with Gasteiger partial charge in [-0.3, -0.25) is 9.59 Å². The highest BCUT2D eigenvalue weighted by molar-refractivity contribution is 7.12. The highest BCUT2D eigenvalue weighted by Gasteiger charge is 2.23. The van der Waals surface area contributed by atoms with Gasteiger partial charge >= 0.3 is 0 Å². The van der Waals surface area contributed by atoms with Crippen LogP contribution in [0.2, 0.25) is 0 Å². The fourth-order valence-corrected chi connectivity index (χ4v) is 2.93. The second-order valence-corrected chi connectivity index (χ2v) is 6.57. The summed E-state index contributed by atoms with van der Waals surface area (Å²) in [4.78, 5) is 24.5. The highest BCUT2D eigenvalue weighted by atomic mass is 32.1. The predicted octanol–water partition coefficient (Wildman–Crippen LogP) is 3.13. The molecule has 5 heteroatoms. The van der Waals surface area contributed by atoms with Crippen LogP contribution in [0.15, 0.2) is 35.7 Å². The lowest BCUT2D eigenvalue weighted by atomic mass is 10.1. The molecular formula is C17H18N2O2S. The highest BCUT2D eigenvalue weighted by Crippen LogP contribution is 2.19. The number of amides is 2. The van der Waals surface area contributed by atoms with Gasteiger partial charge in [0.15, 0.2) is 0 Å². The maximum atomic E-state index is 12.1. The third-order valence-electron chi connectivity index (χ3n) is 3.47. The average molecular weight is 314 g/mol. The van der Waals surface area contributed by atoms with Crippen molar-refractivity contribution in [2.45, 2.75) is 32.2 Å². The molecule has 1 aliphatic rings. The molecule has 4 nitrogen and oxygen atoms in total. The van der Waals surface area contributed by atoms with E-state index in [1.54, 1.807) is 0 Å². The van der Waals surface area contributed by atoms with E-state index in [1.165, 1.54) is 11.3 Å². The quantitative estimate of drug-likeness (QED) is 0.891. The summed E-state index contributed by atoms with van der Waals surface area (Å²) in [6.45, 7) is 1.97. The van der Waals surface area contributed by atoms with Crippen molar-refractivity contribution in [3.8, 4) is 0 Å². The number of nitrogens with one attached hydrogen (secondary N) is 2. The van der Waals surface area contributed by atoms with Crippen LogP contribution in [-0.2, 0) is 11.2 Å². The minimum Gasteiger partial charge on any atom is -0.353 e. The van der Waals surface area contributed by atoms with Gasteiger partial charge in [-0.05, 0) is 54.5 Å². The van der Waals surface area contributed by atoms with Crippen LogP contribution in [0.4, 0.5) is 5.69 Å². The summed E-state index contributed by atoms with van der Waals surface area (Å²) in [5.41, 5.74) is 2.78. The zero-order chi connectivity index (χ0) is 15.5. The normalized spacial score (nSPS) is 13.7. The van der Waals surface area contributed by atoms with Crippen LogP contribution in [-0.4, -0.2) is 17.9 Å². The Bertz CT molecular complexity index is 687. The van der Waals surface area contributed by atoms with Crippen molar-refractivity contribution in [3.05, 3.63) is 51.7 Å². The first-order chi connectivity index (χ1) is 10.6. The lowest BCUT2D eigenvalue weighted by Gasteiger charge is -2.06. The maximum Gasteiger partial charge on any atom is 0.265 e. The monoisotopic (exact) mass is 314 g/mol. The van der Waals surface area contributed by atoms with Crippen LogP contribution in [0, 0.1) is 6.92 Å². The molecule has 0 spiro atoms. The van der Waals surface area contributed by atoms with Crippen molar-refractivity contribution in [2.75, 3.05) is 5.32 Å². The maximum absolute atomic E-state index is 12.1. The van der Waals surface area contributed by atoms with Crippen molar-refractivity contribution in [2.24, 2.45) is 0 Å². The van der Waals surface area contributed by atoms with E-state index in [9.17, 15) is 9.59 Å². The third-order valence-corrected chi connectivity index (χ3v) is 4.52. The van der Waals surface area contributed by atoms with E-state index >= 15 is 0 Å².